The Kier molecular flexibility index (Phi) is 5.76. The van der Waals surface area contributed by atoms with E-state index in [0.29, 0.717) is 11.6 Å². The van der Waals surface area contributed by atoms with Gasteiger partial charge in [0.25, 0.3) is 0 Å². The molecule has 2 aromatic carbocycles. The Morgan fingerprint density at radius 1 is 1.07 bits per heavy atom. The summed E-state index contributed by atoms with van der Waals surface area (Å²) in [4.78, 5) is 13.1. The molecule has 1 amide bonds. The van der Waals surface area contributed by atoms with Gasteiger partial charge in [-0.2, -0.15) is 0 Å². The van der Waals surface area contributed by atoms with Gasteiger partial charge in [0, 0.05) is 18.0 Å². The maximum atomic E-state index is 13.1. The number of hydrogen-bond acceptors (Lipinski definition) is 4. The lowest BCUT2D eigenvalue weighted by Gasteiger charge is -2.32. The van der Waals surface area contributed by atoms with Gasteiger partial charge in [0.15, 0.2) is 5.82 Å². The first-order chi connectivity index (χ1) is 14.2. The lowest BCUT2D eigenvalue weighted by atomic mass is 9.78. The largest absolute Gasteiger partial charge is 0.360 e. The normalized spacial score (nSPS) is 16.4. The number of benzene rings is 2. The minimum Gasteiger partial charge on any atom is -0.360 e. The first-order valence-electron chi connectivity index (χ1n) is 10.2. The molecule has 1 fully saturated rings. The fourth-order valence-electron chi connectivity index (χ4n) is 4.34. The molecule has 1 unspecified atom stereocenters. The van der Waals surface area contributed by atoms with Gasteiger partial charge >= 0.3 is 0 Å². The lowest BCUT2D eigenvalue weighted by molar-refractivity contribution is -0.118. The second-order valence-electron chi connectivity index (χ2n) is 7.89. The highest BCUT2D eigenvalue weighted by Crippen LogP contribution is 2.41. The number of hydrogen-bond donors (Lipinski definition) is 2. The van der Waals surface area contributed by atoms with Crippen molar-refractivity contribution < 1.29 is 9.32 Å². The molecule has 5 nitrogen and oxygen atoms in total. The summed E-state index contributed by atoms with van der Waals surface area (Å²) in [5.41, 5.74) is 2.36. The number of rotatable bonds is 7. The van der Waals surface area contributed by atoms with E-state index in [-0.39, 0.29) is 11.3 Å². The predicted octanol–water partition coefficient (Wildman–Crippen LogP) is 4.76. The Labute approximate surface area is 171 Å². The number of aryl methyl sites for hydroxylation is 1. The van der Waals surface area contributed by atoms with Gasteiger partial charge in [0.2, 0.25) is 5.91 Å². The second kappa shape index (κ2) is 8.62. The number of aromatic nitrogens is 1. The van der Waals surface area contributed by atoms with Crippen LogP contribution < -0.4 is 10.6 Å². The Balaban J connectivity index is 1.56. The fourth-order valence-corrected chi connectivity index (χ4v) is 4.34. The highest BCUT2D eigenvalue weighted by Gasteiger charge is 2.36. The summed E-state index contributed by atoms with van der Waals surface area (Å²) < 4.78 is 5.08. The highest BCUT2D eigenvalue weighted by molar-refractivity contribution is 5.94. The van der Waals surface area contributed by atoms with Gasteiger partial charge < -0.3 is 15.2 Å². The summed E-state index contributed by atoms with van der Waals surface area (Å²) in [6.07, 6.45) is 4.71. The van der Waals surface area contributed by atoms with E-state index < -0.39 is 6.04 Å². The van der Waals surface area contributed by atoms with Crippen LogP contribution >= 0.6 is 0 Å². The van der Waals surface area contributed by atoms with Gasteiger partial charge in [-0.05, 0) is 30.9 Å². The van der Waals surface area contributed by atoms with E-state index in [1.54, 1.807) is 13.0 Å². The van der Waals surface area contributed by atoms with Gasteiger partial charge in [-0.3, -0.25) is 4.79 Å². The van der Waals surface area contributed by atoms with Gasteiger partial charge in [-0.25, -0.2) is 0 Å². The SMILES string of the molecule is Cc1cc(NC(=O)C(NCC2(c3ccccc3)CCCC2)c2ccccc2)no1. The third kappa shape index (κ3) is 4.40. The molecule has 0 bridgehead atoms. The Bertz CT molecular complexity index is 931. The van der Waals surface area contributed by atoms with E-state index in [0.717, 1.165) is 24.9 Å². The summed E-state index contributed by atoms with van der Waals surface area (Å²) in [5.74, 6) is 0.970. The molecular weight excluding hydrogens is 362 g/mol. The van der Waals surface area contributed by atoms with Crippen molar-refractivity contribution in [1.29, 1.82) is 0 Å². The summed E-state index contributed by atoms with van der Waals surface area (Å²) >= 11 is 0. The number of carbonyl (C=O) groups is 1. The Hall–Kier alpha value is -2.92. The van der Waals surface area contributed by atoms with Crippen molar-refractivity contribution >= 4 is 11.7 Å². The molecule has 1 aromatic heterocycles. The van der Waals surface area contributed by atoms with Crippen LogP contribution in [0.5, 0.6) is 0 Å². The smallest absolute Gasteiger partial charge is 0.247 e. The van der Waals surface area contributed by atoms with Crippen LogP contribution in [-0.4, -0.2) is 17.6 Å². The van der Waals surface area contributed by atoms with Crippen molar-refractivity contribution in [3.05, 3.63) is 83.6 Å². The van der Waals surface area contributed by atoms with Crippen molar-refractivity contribution in [2.45, 2.75) is 44.1 Å². The molecule has 0 aliphatic heterocycles. The van der Waals surface area contributed by atoms with Crippen LogP contribution in [0, 0.1) is 6.92 Å². The zero-order valence-corrected chi connectivity index (χ0v) is 16.7. The quantitative estimate of drug-likeness (QED) is 0.611. The minimum absolute atomic E-state index is 0.0685. The highest BCUT2D eigenvalue weighted by atomic mass is 16.5. The Morgan fingerprint density at radius 2 is 1.72 bits per heavy atom. The van der Waals surface area contributed by atoms with Crippen LogP contribution in [-0.2, 0) is 10.2 Å². The topological polar surface area (TPSA) is 67.2 Å². The molecule has 4 rings (SSSR count). The molecular formula is C24H27N3O2. The van der Waals surface area contributed by atoms with E-state index in [2.05, 4.69) is 46.1 Å². The van der Waals surface area contributed by atoms with Crippen LogP contribution in [0.15, 0.2) is 71.3 Å². The van der Waals surface area contributed by atoms with Crippen molar-refractivity contribution in [2.75, 3.05) is 11.9 Å². The first kappa shape index (κ1) is 19.4. The molecule has 1 aliphatic carbocycles. The molecule has 29 heavy (non-hydrogen) atoms. The molecule has 0 radical (unpaired) electrons. The zero-order valence-electron chi connectivity index (χ0n) is 16.7. The molecule has 0 saturated heterocycles. The van der Waals surface area contributed by atoms with Gasteiger partial charge in [0.1, 0.15) is 11.8 Å². The average molecular weight is 389 g/mol. The molecule has 3 aromatic rings. The lowest BCUT2D eigenvalue weighted by Crippen LogP contribution is -2.41. The number of nitrogens with one attached hydrogen (secondary N) is 2. The maximum absolute atomic E-state index is 13.1. The van der Waals surface area contributed by atoms with Gasteiger partial charge in [-0.1, -0.05) is 78.7 Å². The predicted molar refractivity (Wildman–Crippen MR) is 114 cm³/mol. The Morgan fingerprint density at radius 3 is 2.34 bits per heavy atom. The molecule has 1 aliphatic rings. The van der Waals surface area contributed by atoms with Crippen LogP contribution in [0.2, 0.25) is 0 Å². The molecule has 1 heterocycles. The number of carbonyl (C=O) groups excluding carboxylic acids is 1. The summed E-state index contributed by atoms with van der Waals surface area (Å²) in [6, 6.07) is 21.8. The maximum Gasteiger partial charge on any atom is 0.247 e. The van der Waals surface area contributed by atoms with E-state index in [1.165, 1.54) is 18.4 Å². The molecule has 2 N–H and O–H groups in total. The third-order valence-corrected chi connectivity index (χ3v) is 5.87. The minimum atomic E-state index is -0.464. The molecule has 5 heteroatoms. The number of anilines is 1. The van der Waals surface area contributed by atoms with Gasteiger partial charge in [0.05, 0.1) is 0 Å². The summed E-state index contributed by atoms with van der Waals surface area (Å²) in [5, 5.41) is 10.4. The molecule has 0 spiro atoms. The fraction of sp³-hybridized carbons (Fsp3) is 0.333. The van der Waals surface area contributed by atoms with Gasteiger partial charge in [-0.15, -0.1) is 0 Å². The van der Waals surface area contributed by atoms with Crippen molar-refractivity contribution in [1.82, 2.24) is 10.5 Å². The monoisotopic (exact) mass is 389 g/mol. The van der Waals surface area contributed by atoms with Crippen molar-refractivity contribution in [3.8, 4) is 0 Å². The summed E-state index contributed by atoms with van der Waals surface area (Å²) in [7, 11) is 0. The number of amides is 1. The standard InChI is InChI=1S/C24H27N3O2/c1-18-16-21(27-29-18)26-23(28)22(19-10-4-2-5-11-19)25-17-24(14-8-9-15-24)20-12-6-3-7-13-20/h2-7,10-13,16,22,25H,8-9,14-15,17H2,1H3,(H,26,27,28). The van der Waals surface area contributed by atoms with Crippen LogP contribution in [0.4, 0.5) is 5.82 Å². The van der Waals surface area contributed by atoms with E-state index in [9.17, 15) is 4.79 Å². The van der Waals surface area contributed by atoms with E-state index in [4.69, 9.17) is 4.52 Å². The zero-order chi connectivity index (χ0) is 20.1. The number of nitrogens with zero attached hydrogens (tertiary/aromatic N) is 1. The first-order valence-corrected chi connectivity index (χ1v) is 10.2. The van der Waals surface area contributed by atoms with Crippen molar-refractivity contribution in [2.24, 2.45) is 0 Å². The average Bonchev–Trinajstić information content (AvgIpc) is 3.39. The third-order valence-electron chi connectivity index (χ3n) is 5.87. The van der Waals surface area contributed by atoms with Crippen molar-refractivity contribution in [3.63, 3.8) is 0 Å². The molecule has 1 saturated carbocycles. The van der Waals surface area contributed by atoms with E-state index in [1.807, 2.05) is 30.3 Å². The second-order valence-corrected chi connectivity index (χ2v) is 7.89. The van der Waals surface area contributed by atoms with E-state index >= 15 is 0 Å². The van der Waals surface area contributed by atoms with Crippen LogP contribution in [0.1, 0.15) is 48.6 Å². The van der Waals surface area contributed by atoms with Crippen LogP contribution in [0.25, 0.3) is 0 Å². The molecule has 150 valence electrons. The summed E-state index contributed by atoms with van der Waals surface area (Å²) in [6.45, 7) is 2.56. The molecule has 1 atom stereocenters. The van der Waals surface area contributed by atoms with Crippen LogP contribution in [0.3, 0.4) is 0 Å².